The number of hydrogen-bond acceptors (Lipinski definition) is 5. The number of unbranched alkanes of at least 4 members (excludes halogenated alkanes) is 1. The Morgan fingerprint density at radius 3 is 2.00 bits per heavy atom. The minimum Gasteiger partial charge on any atom is -0.396 e. The van der Waals surface area contributed by atoms with Gasteiger partial charge in [-0.05, 0) is 18.6 Å². The number of ether oxygens (including phenoxy) is 3. The van der Waals surface area contributed by atoms with E-state index in [1.165, 1.54) is 6.42 Å². The smallest absolute Gasteiger partial charge is 0.0701 e. The van der Waals surface area contributed by atoms with Gasteiger partial charge in [-0.1, -0.05) is 13.3 Å². The zero-order valence-electron chi connectivity index (χ0n) is 11.6. The van der Waals surface area contributed by atoms with Crippen LogP contribution in [0.25, 0.3) is 0 Å². The molecule has 0 saturated carbocycles. The van der Waals surface area contributed by atoms with Gasteiger partial charge in [0.05, 0.1) is 33.0 Å². The van der Waals surface area contributed by atoms with Crippen LogP contribution in [-0.4, -0.2) is 62.9 Å². The van der Waals surface area contributed by atoms with Crippen molar-refractivity contribution in [1.82, 2.24) is 0 Å². The zero-order chi connectivity index (χ0) is 13.3. The van der Waals surface area contributed by atoms with Crippen molar-refractivity contribution in [3.8, 4) is 0 Å². The molecule has 18 heavy (non-hydrogen) atoms. The first-order valence-electron chi connectivity index (χ1n) is 6.83. The molecule has 110 valence electrons. The van der Waals surface area contributed by atoms with E-state index in [1.807, 2.05) is 11.8 Å². The van der Waals surface area contributed by atoms with Gasteiger partial charge in [0.2, 0.25) is 0 Å². The first kappa shape index (κ1) is 18.2. The fraction of sp³-hybridized carbons (Fsp3) is 1.00. The predicted octanol–water partition coefficient (Wildman–Crippen LogP) is 1.95. The molecule has 0 spiro atoms. The highest BCUT2D eigenvalue weighted by Crippen LogP contribution is 2.01. The molecule has 0 bridgehead atoms. The van der Waals surface area contributed by atoms with Crippen molar-refractivity contribution in [2.45, 2.75) is 26.2 Å². The monoisotopic (exact) mass is 280 g/mol. The Kier molecular flexibility index (Phi) is 17.4. The number of thioether (sulfide) groups is 1. The standard InChI is InChI=1S/C13H28O4S/c1-2-3-6-15-7-8-16-9-10-17-11-13-18-12-4-5-14/h14H,2-13H2,1H3. The fourth-order valence-electron chi connectivity index (χ4n) is 1.17. The van der Waals surface area contributed by atoms with E-state index < -0.39 is 0 Å². The molecular formula is C13H28O4S. The summed E-state index contributed by atoms with van der Waals surface area (Å²) >= 11 is 1.81. The predicted molar refractivity (Wildman–Crippen MR) is 76.4 cm³/mol. The average Bonchev–Trinajstić information content (AvgIpc) is 2.39. The van der Waals surface area contributed by atoms with Crippen LogP contribution in [0.15, 0.2) is 0 Å². The molecule has 0 fully saturated rings. The molecule has 0 aliphatic rings. The summed E-state index contributed by atoms with van der Waals surface area (Å²) in [7, 11) is 0. The Morgan fingerprint density at radius 1 is 0.778 bits per heavy atom. The Labute approximate surface area is 115 Å². The normalized spacial score (nSPS) is 11.0. The van der Waals surface area contributed by atoms with Crippen LogP contribution in [0, 0.1) is 0 Å². The maximum Gasteiger partial charge on any atom is 0.0701 e. The lowest BCUT2D eigenvalue weighted by atomic mass is 10.4. The van der Waals surface area contributed by atoms with Crippen molar-refractivity contribution in [1.29, 1.82) is 0 Å². The van der Waals surface area contributed by atoms with Crippen molar-refractivity contribution < 1.29 is 19.3 Å². The van der Waals surface area contributed by atoms with Gasteiger partial charge in [0.1, 0.15) is 0 Å². The molecule has 0 rings (SSSR count). The van der Waals surface area contributed by atoms with E-state index >= 15 is 0 Å². The first-order chi connectivity index (χ1) is 8.91. The van der Waals surface area contributed by atoms with E-state index in [-0.39, 0.29) is 6.61 Å². The van der Waals surface area contributed by atoms with E-state index in [4.69, 9.17) is 19.3 Å². The van der Waals surface area contributed by atoms with Crippen LogP contribution < -0.4 is 0 Å². The van der Waals surface area contributed by atoms with E-state index in [0.29, 0.717) is 26.4 Å². The number of aliphatic hydroxyl groups excluding tert-OH is 1. The topological polar surface area (TPSA) is 47.9 Å². The maximum absolute atomic E-state index is 8.59. The highest BCUT2D eigenvalue weighted by Gasteiger charge is 1.92. The Hall–Kier alpha value is 0.190. The third-order valence-corrected chi connectivity index (χ3v) is 3.24. The van der Waals surface area contributed by atoms with Crippen molar-refractivity contribution in [3.05, 3.63) is 0 Å². The quantitative estimate of drug-likeness (QED) is 0.465. The summed E-state index contributed by atoms with van der Waals surface area (Å²) < 4.78 is 16.1. The van der Waals surface area contributed by atoms with Crippen molar-refractivity contribution in [2.75, 3.05) is 57.8 Å². The Balaban J connectivity index is 2.86. The molecular weight excluding hydrogens is 252 g/mol. The van der Waals surface area contributed by atoms with Gasteiger partial charge in [-0.25, -0.2) is 0 Å². The molecule has 0 amide bonds. The van der Waals surface area contributed by atoms with Gasteiger partial charge >= 0.3 is 0 Å². The van der Waals surface area contributed by atoms with Crippen molar-refractivity contribution >= 4 is 11.8 Å². The molecule has 0 heterocycles. The van der Waals surface area contributed by atoms with Crippen LogP contribution in [0.3, 0.4) is 0 Å². The molecule has 1 N–H and O–H groups in total. The van der Waals surface area contributed by atoms with Gasteiger partial charge in [0.25, 0.3) is 0 Å². The van der Waals surface area contributed by atoms with Crippen LogP contribution in [0.4, 0.5) is 0 Å². The van der Waals surface area contributed by atoms with E-state index in [1.54, 1.807) is 0 Å². The molecule has 0 radical (unpaired) electrons. The summed E-state index contributed by atoms with van der Waals surface area (Å²) in [6.45, 7) is 6.64. The maximum atomic E-state index is 8.59. The fourth-order valence-corrected chi connectivity index (χ4v) is 1.95. The van der Waals surface area contributed by atoms with Gasteiger partial charge in [-0.15, -0.1) is 0 Å². The molecule has 4 nitrogen and oxygen atoms in total. The summed E-state index contributed by atoms with van der Waals surface area (Å²) in [6.07, 6.45) is 3.16. The number of aliphatic hydroxyl groups is 1. The molecule has 0 unspecified atom stereocenters. The van der Waals surface area contributed by atoms with Gasteiger partial charge in [0.15, 0.2) is 0 Å². The highest BCUT2D eigenvalue weighted by molar-refractivity contribution is 7.99. The van der Waals surface area contributed by atoms with Crippen LogP contribution >= 0.6 is 11.8 Å². The Bertz CT molecular complexity index is 131. The second kappa shape index (κ2) is 17.2. The first-order valence-corrected chi connectivity index (χ1v) is 7.99. The second-order valence-corrected chi connectivity index (χ2v) is 5.10. The van der Waals surface area contributed by atoms with Crippen LogP contribution in [0.1, 0.15) is 26.2 Å². The van der Waals surface area contributed by atoms with Gasteiger partial charge in [-0.3, -0.25) is 0 Å². The molecule has 5 heteroatoms. The van der Waals surface area contributed by atoms with Crippen molar-refractivity contribution in [3.63, 3.8) is 0 Å². The van der Waals surface area contributed by atoms with Crippen LogP contribution in [0.5, 0.6) is 0 Å². The molecule has 0 atom stereocenters. The molecule has 0 saturated heterocycles. The summed E-state index contributed by atoms with van der Waals surface area (Å²) in [6, 6.07) is 0. The van der Waals surface area contributed by atoms with E-state index in [0.717, 1.165) is 37.6 Å². The van der Waals surface area contributed by atoms with Gasteiger partial charge < -0.3 is 19.3 Å². The summed E-state index contributed by atoms with van der Waals surface area (Å²) in [5, 5.41) is 8.59. The number of hydrogen-bond donors (Lipinski definition) is 1. The molecule has 0 aliphatic heterocycles. The molecule has 0 aromatic heterocycles. The zero-order valence-corrected chi connectivity index (χ0v) is 12.4. The second-order valence-electron chi connectivity index (χ2n) is 3.88. The van der Waals surface area contributed by atoms with E-state index in [2.05, 4.69) is 6.92 Å². The Morgan fingerprint density at radius 2 is 1.39 bits per heavy atom. The lowest BCUT2D eigenvalue weighted by Crippen LogP contribution is -2.10. The average molecular weight is 280 g/mol. The van der Waals surface area contributed by atoms with Crippen LogP contribution in [0.2, 0.25) is 0 Å². The van der Waals surface area contributed by atoms with Crippen LogP contribution in [-0.2, 0) is 14.2 Å². The third-order valence-electron chi connectivity index (χ3n) is 2.21. The minimum atomic E-state index is 0.280. The lowest BCUT2D eigenvalue weighted by Gasteiger charge is -2.06. The molecule has 0 aliphatic carbocycles. The summed E-state index contributed by atoms with van der Waals surface area (Å²) in [5.74, 6) is 1.99. The highest BCUT2D eigenvalue weighted by atomic mass is 32.2. The number of rotatable bonds is 15. The largest absolute Gasteiger partial charge is 0.396 e. The SMILES string of the molecule is CCCCOCCOCCOCCSCCCO. The van der Waals surface area contributed by atoms with Gasteiger partial charge in [-0.2, -0.15) is 11.8 Å². The minimum absolute atomic E-state index is 0.280. The van der Waals surface area contributed by atoms with E-state index in [9.17, 15) is 0 Å². The van der Waals surface area contributed by atoms with Crippen molar-refractivity contribution in [2.24, 2.45) is 0 Å². The third kappa shape index (κ3) is 16.2. The van der Waals surface area contributed by atoms with Gasteiger partial charge in [0, 0.05) is 19.0 Å². The summed E-state index contributed by atoms with van der Waals surface area (Å²) in [5.41, 5.74) is 0. The lowest BCUT2D eigenvalue weighted by molar-refractivity contribution is 0.0169. The summed E-state index contributed by atoms with van der Waals surface area (Å²) in [4.78, 5) is 0. The molecule has 0 aromatic rings. The molecule has 0 aromatic carbocycles.